The molecular formula is C71H124O6. The minimum atomic E-state index is -0.787. The van der Waals surface area contributed by atoms with E-state index in [4.69, 9.17) is 14.2 Å². The van der Waals surface area contributed by atoms with Crippen molar-refractivity contribution in [3.8, 4) is 0 Å². The normalized spacial score (nSPS) is 12.6. The molecule has 0 aliphatic heterocycles. The van der Waals surface area contributed by atoms with Crippen LogP contribution in [0.4, 0.5) is 0 Å². The number of ether oxygens (including phenoxy) is 3. The summed E-state index contributed by atoms with van der Waals surface area (Å²) in [4.78, 5) is 38.4. The molecule has 0 bridgehead atoms. The van der Waals surface area contributed by atoms with Crippen molar-refractivity contribution in [3.63, 3.8) is 0 Å². The van der Waals surface area contributed by atoms with E-state index in [-0.39, 0.29) is 31.1 Å². The Morgan fingerprint density at radius 1 is 0.273 bits per heavy atom. The van der Waals surface area contributed by atoms with Crippen molar-refractivity contribution in [1.29, 1.82) is 0 Å². The van der Waals surface area contributed by atoms with Crippen molar-refractivity contribution in [3.05, 3.63) is 85.1 Å². The number of hydrogen-bond acceptors (Lipinski definition) is 6. The highest BCUT2D eigenvalue weighted by Crippen LogP contribution is 2.16. The number of carbonyl (C=O) groups is 3. The predicted molar refractivity (Wildman–Crippen MR) is 334 cm³/mol. The molecule has 0 heterocycles. The third-order valence-electron chi connectivity index (χ3n) is 14.4. The Morgan fingerprint density at radius 2 is 0.506 bits per heavy atom. The smallest absolute Gasteiger partial charge is 0.306 e. The summed E-state index contributed by atoms with van der Waals surface area (Å²) in [5, 5.41) is 0. The van der Waals surface area contributed by atoms with Gasteiger partial charge >= 0.3 is 17.9 Å². The van der Waals surface area contributed by atoms with Gasteiger partial charge in [-0.3, -0.25) is 14.4 Å². The van der Waals surface area contributed by atoms with E-state index in [0.717, 1.165) is 96.3 Å². The number of allylic oxidation sites excluding steroid dienone is 14. The zero-order valence-electron chi connectivity index (χ0n) is 51.0. The van der Waals surface area contributed by atoms with Crippen LogP contribution in [-0.4, -0.2) is 37.2 Å². The van der Waals surface area contributed by atoms with E-state index in [2.05, 4.69) is 106 Å². The molecule has 0 N–H and O–H groups in total. The van der Waals surface area contributed by atoms with Crippen LogP contribution in [0.25, 0.3) is 0 Å². The van der Waals surface area contributed by atoms with Crippen LogP contribution in [0, 0.1) is 0 Å². The fourth-order valence-corrected chi connectivity index (χ4v) is 9.40. The maximum Gasteiger partial charge on any atom is 0.306 e. The summed E-state index contributed by atoms with van der Waals surface area (Å²) in [6, 6.07) is 0. The molecule has 0 aromatic heterocycles. The molecule has 0 amide bonds. The molecule has 1 atom stereocenters. The van der Waals surface area contributed by atoms with Gasteiger partial charge in [0.2, 0.25) is 0 Å². The largest absolute Gasteiger partial charge is 0.462 e. The molecule has 0 aromatic rings. The van der Waals surface area contributed by atoms with Crippen molar-refractivity contribution in [2.75, 3.05) is 13.2 Å². The van der Waals surface area contributed by atoms with Gasteiger partial charge < -0.3 is 14.2 Å². The molecule has 0 saturated carbocycles. The molecule has 0 aromatic carbocycles. The Bertz CT molecular complexity index is 1470. The van der Waals surface area contributed by atoms with Gasteiger partial charge in [0.15, 0.2) is 6.10 Å². The minimum absolute atomic E-state index is 0.0827. The Hall–Kier alpha value is -3.41. The van der Waals surface area contributed by atoms with Crippen LogP contribution >= 0.6 is 0 Å². The predicted octanol–water partition coefficient (Wildman–Crippen LogP) is 22.7. The summed E-state index contributed by atoms with van der Waals surface area (Å²) in [6.45, 7) is 6.53. The molecule has 0 aliphatic rings. The highest BCUT2D eigenvalue weighted by Gasteiger charge is 2.19. The second kappa shape index (κ2) is 65.1. The quantitative estimate of drug-likeness (QED) is 0.0261. The van der Waals surface area contributed by atoms with E-state index >= 15 is 0 Å². The lowest BCUT2D eigenvalue weighted by atomic mass is 10.1. The summed E-state index contributed by atoms with van der Waals surface area (Å²) in [5.41, 5.74) is 0. The molecule has 77 heavy (non-hydrogen) atoms. The number of carbonyl (C=O) groups excluding carboxylic acids is 3. The van der Waals surface area contributed by atoms with E-state index < -0.39 is 6.10 Å². The monoisotopic (exact) mass is 1070 g/mol. The highest BCUT2D eigenvalue weighted by atomic mass is 16.6. The summed E-state index contributed by atoms with van der Waals surface area (Å²) < 4.78 is 17.0. The first-order chi connectivity index (χ1) is 38.0. The lowest BCUT2D eigenvalue weighted by Crippen LogP contribution is -2.30. The molecule has 0 aliphatic carbocycles. The van der Waals surface area contributed by atoms with Gasteiger partial charge in [0.1, 0.15) is 13.2 Å². The van der Waals surface area contributed by atoms with Gasteiger partial charge in [-0.25, -0.2) is 0 Å². The van der Waals surface area contributed by atoms with E-state index in [1.807, 2.05) is 0 Å². The van der Waals surface area contributed by atoms with Gasteiger partial charge in [0.25, 0.3) is 0 Å². The minimum Gasteiger partial charge on any atom is -0.462 e. The lowest BCUT2D eigenvalue weighted by Gasteiger charge is -2.18. The van der Waals surface area contributed by atoms with Crippen molar-refractivity contribution < 1.29 is 28.6 Å². The average Bonchev–Trinajstić information content (AvgIpc) is 3.43. The second-order valence-electron chi connectivity index (χ2n) is 22.0. The summed E-state index contributed by atoms with van der Waals surface area (Å²) in [5.74, 6) is -0.887. The summed E-state index contributed by atoms with van der Waals surface area (Å²) >= 11 is 0. The van der Waals surface area contributed by atoms with Crippen LogP contribution in [0.2, 0.25) is 0 Å². The number of unbranched alkanes of at least 4 members (excludes halogenated alkanes) is 35. The average molecular weight is 1070 g/mol. The van der Waals surface area contributed by atoms with Crippen molar-refractivity contribution >= 4 is 17.9 Å². The Labute approximate surface area is 477 Å². The lowest BCUT2D eigenvalue weighted by molar-refractivity contribution is -0.167. The van der Waals surface area contributed by atoms with Gasteiger partial charge in [0, 0.05) is 19.3 Å². The van der Waals surface area contributed by atoms with Crippen LogP contribution in [-0.2, 0) is 28.6 Å². The number of hydrogen-bond donors (Lipinski definition) is 0. The maximum atomic E-state index is 12.9. The summed E-state index contributed by atoms with van der Waals surface area (Å²) in [6.07, 6.45) is 85.8. The van der Waals surface area contributed by atoms with Crippen LogP contribution in [0.3, 0.4) is 0 Å². The Morgan fingerprint density at radius 3 is 0.792 bits per heavy atom. The van der Waals surface area contributed by atoms with Crippen LogP contribution < -0.4 is 0 Å². The van der Waals surface area contributed by atoms with E-state index in [1.54, 1.807) is 0 Å². The SMILES string of the molecule is CC/C=C\C/C=C\C/C=C\CCCCCCCCCC(=O)OCC(COC(=O)CCCCCCCCCCC/C=C\C/C=C\CCCCCCC)OC(=O)CCCCCCCCCCC/C=C\C/C=C\CCCCCCC. The van der Waals surface area contributed by atoms with Crippen LogP contribution in [0.15, 0.2) is 85.1 Å². The molecular weight excluding hydrogens is 949 g/mol. The molecule has 0 rings (SSSR count). The van der Waals surface area contributed by atoms with Gasteiger partial charge in [0.05, 0.1) is 0 Å². The molecule has 0 saturated heterocycles. The van der Waals surface area contributed by atoms with Gasteiger partial charge in [-0.15, -0.1) is 0 Å². The zero-order valence-corrected chi connectivity index (χ0v) is 51.0. The van der Waals surface area contributed by atoms with Gasteiger partial charge in [-0.05, 0) is 116 Å². The third-order valence-corrected chi connectivity index (χ3v) is 14.4. The molecule has 6 heteroatoms. The highest BCUT2D eigenvalue weighted by molar-refractivity contribution is 5.71. The molecule has 0 fully saturated rings. The zero-order chi connectivity index (χ0) is 55.7. The second-order valence-corrected chi connectivity index (χ2v) is 22.0. The van der Waals surface area contributed by atoms with Crippen LogP contribution in [0.1, 0.15) is 329 Å². The van der Waals surface area contributed by atoms with E-state index in [9.17, 15) is 14.4 Å². The maximum absolute atomic E-state index is 12.9. The molecule has 0 spiro atoms. The fourth-order valence-electron chi connectivity index (χ4n) is 9.40. The fraction of sp³-hybridized carbons (Fsp3) is 0.761. The molecule has 6 nitrogen and oxygen atoms in total. The first-order valence-corrected chi connectivity index (χ1v) is 33.1. The van der Waals surface area contributed by atoms with Crippen molar-refractivity contribution in [2.24, 2.45) is 0 Å². The van der Waals surface area contributed by atoms with Gasteiger partial charge in [-0.1, -0.05) is 279 Å². The van der Waals surface area contributed by atoms with E-state index in [1.165, 1.54) is 193 Å². The number of esters is 3. The van der Waals surface area contributed by atoms with Crippen LogP contribution in [0.5, 0.6) is 0 Å². The summed E-state index contributed by atoms with van der Waals surface area (Å²) in [7, 11) is 0. The first kappa shape index (κ1) is 73.6. The van der Waals surface area contributed by atoms with Crippen molar-refractivity contribution in [2.45, 2.75) is 335 Å². The van der Waals surface area contributed by atoms with Gasteiger partial charge in [-0.2, -0.15) is 0 Å². The topological polar surface area (TPSA) is 78.9 Å². The van der Waals surface area contributed by atoms with E-state index in [0.29, 0.717) is 19.3 Å². The molecule has 1 unspecified atom stereocenters. The Kier molecular flexibility index (Phi) is 62.2. The standard InChI is InChI=1S/C71H124O6/c1-4-7-10-13-16-19-22-25-28-31-33-35-37-40-43-46-49-52-55-58-61-64-70(73)76-67-68(66-75-69(72)63-60-57-54-51-48-45-42-39-30-27-24-21-18-15-12-9-6-3)77-71(74)65-62-59-56-53-50-47-44-41-38-36-34-32-29-26-23-20-17-14-11-8-5-2/h9,12,18,21-23,25-27,30-34,68H,4-8,10-11,13-17,19-20,24,28-29,35-67H2,1-3H3/b12-9-,21-18-,25-22-,26-23-,30-27-,33-31-,34-32-. The Balaban J connectivity index is 4.39. The van der Waals surface area contributed by atoms with Crippen molar-refractivity contribution in [1.82, 2.24) is 0 Å². The molecule has 0 radical (unpaired) electrons. The first-order valence-electron chi connectivity index (χ1n) is 33.1. The number of rotatable bonds is 60. The molecule has 444 valence electrons. The third kappa shape index (κ3) is 63.3.